The predicted molar refractivity (Wildman–Crippen MR) is 83.6 cm³/mol. The standard InChI is InChI=1S/C14H22N6O3/c1-13(2,17)11(21)20-3-4-22-7-14(6-20)5-8-9(15)18-12(16)19-10(8)23-14/h3-7,17H2,1-2H3,(H4,15,16,18,19)/t14-/m1/s1. The number of nitrogens with two attached hydrogens (primary N) is 3. The molecule has 0 unspecified atom stereocenters. The van der Waals surface area contributed by atoms with Crippen LogP contribution in [0.5, 0.6) is 5.88 Å². The smallest absolute Gasteiger partial charge is 0.242 e. The van der Waals surface area contributed by atoms with Crippen LogP contribution in [0.1, 0.15) is 19.4 Å². The minimum absolute atomic E-state index is 0.0591. The number of anilines is 2. The van der Waals surface area contributed by atoms with Crippen molar-refractivity contribution < 1.29 is 14.3 Å². The normalized spacial score (nSPS) is 24.2. The third kappa shape index (κ3) is 2.89. The van der Waals surface area contributed by atoms with E-state index in [0.29, 0.717) is 50.0 Å². The molecular weight excluding hydrogens is 300 g/mol. The summed E-state index contributed by atoms with van der Waals surface area (Å²) < 4.78 is 11.6. The SMILES string of the molecule is CC(C)(N)C(=O)N1CCOC[C@@]2(Cc3c(N)nc(N)nc3O2)C1. The minimum atomic E-state index is -0.958. The number of nitrogen functional groups attached to an aromatic ring is 2. The Bertz CT molecular complexity index is 644. The van der Waals surface area contributed by atoms with E-state index in [1.54, 1.807) is 18.7 Å². The van der Waals surface area contributed by atoms with Crippen molar-refractivity contribution in [3.05, 3.63) is 5.56 Å². The fourth-order valence-corrected chi connectivity index (χ4v) is 2.97. The lowest BCUT2D eigenvalue weighted by molar-refractivity contribution is -0.137. The van der Waals surface area contributed by atoms with Crippen LogP contribution in [0.2, 0.25) is 0 Å². The van der Waals surface area contributed by atoms with Crippen molar-refractivity contribution in [2.45, 2.75) is 31.4 Å². The van der Waals surface area contributed by atoms with Gasteiger partial charge >= 0.3 is 0 Å². The Morgan fingerprint density at radius 1 is 1.35 bits per heavy atom. The highest BCUT2D eigenvalue weighted by Crippen LogP contribution is 2.38. The molecular formula is C14H22N6O3. The van der Waals surface area contributed by atoms with Gasteiger partial charge in [0.25, 0.3) is 0 Å². The molecule has 2 aliphatic heterocycles. The Labute approximate surface area is 134 Å². The summed E-state index contributed by atoms with van der Waals surface area (Å²) in [5, 5.41) is 0. The van der Waals surface area contributed by atoms with Crippen LogP contribution in [0.25, 0.3) is 0 Å². The molecule has 126 valence electrons. The van der Waals surface area contributed by atoms with E-state index >= 15 is 0 Å². The molecule has 3 heterocycles. The van der Waals surface area contributed by atoms with Crippen LogP contribution < -0.4 is 21.9 Å². The van der Waals surface area contributed by atoms with Gasteiger partial charge in [0.05, 0.1) is 30.9 Å². The molecule has 1 spiro atoms. The maximum Gasteiger partial charge on any atom is 0.242 e. The number of carbonyl (C=O) groups is 1. The molecule has 0 aliphatic carbocycles. The van der Waals surface area contributed by atoms with Gasteiger partial charge in [0.2, 0.25) is 17.7 Å². The average molecular weight is 322 g/mol. The number of fused-ring (bicyclic) bond motifs is 1. The fraction of sp³-hybridized carbons (Fsp3) is 0.643. The lowest BCUT2D eigenvalue weighted by atomic mass is 9.96. The topological polar surface area (TPSA) is 143 Å². The van der Waals surface area contributed by atoms with Crippen LogP contribution in [0.4, 0.5) is 11.8 Å². The highest BCUT2D eigenvalue weighted by molar-refractivity contribution is 5.85. The highest BCUT2D eigenvalue weighted by atomic mass is 16.6. The van der Waals surface area contributed by atoms with Gasteiger partial charge in [0, 0.05) is 13.0 Å². The van der Waals surface area contributed by atoms with E-state index in [4.69, 9.17) is 26.7 Å². The van der Waals surface area contributed by atoms with E-state index in [0.717, 1.165) is 0 Å². The maximum atomic E-state index is 12.5. The summed E-state index contributed by atoms with van der Waals surface area (Å²) in [4.78, 5) is 22.3. The molecule has 1 fully saturated rings. The summed E-state index contributed by atoms with van der Waals surface area (Å²) >= 11 is 0. The van der Waals surface area contributed by atoms with Crippen molar-refractivity contribution >= 4 is 17.7 Å². The number of rotatable bonds is 1. The van der Waals surface area contributed by atoms with Gasteiger partial charge in [-0.3, -0.25) is 4.79 Å². The molecule has 2 aliphatic rings. The van der Waals surface area contributed by atoms with Crippen molar-refractivity contribution in [1.82, 2.24) is 14.9 Å². The fourth-order valence-electron chi connectivity index (χ4n) is 2.97. The Kier molecular flexibility index (Phi) is 3.56. The first-order chi connectivity index (χ1) is 10.7. The monoisotopic (exact) mass is 322 g/mol. The van der Waals surface area contributed by atoms with Gasteiger partial charge in [0.15, 0.2) is 5.60 Å². The number of ether oxygens (including phenoxy) is 2. The molecule has 1 saturated heterocycles. The first-order valence-electron chi connectivity index (χ1n) is 7.47. The molecule has 0 saturated carbocycles. The minimum Gasteiger partial charge on any atom is -0.466 e. The number of hydrogen-bond acceptors (Lipinski definition) is 8. The lowest BCUT2D eigenvalue weighted by Crippen LogP contribution is -2.56. The van der Waals surface area contributed by atoms with Gasteiger partial charge in [-0.25, -0.2) is 0 Å². The molecule has 23 heavy (non-hydrogen) atoms. The van der Waals surface area contributed by atoms with Crippen molar-refractivity contribution in [1.29, 1.82) is 0 Å². The second-order valence-corrected chi connectivity index (χ2v) is 6.71. The van der Waals surface area contributed by atoms with Gasteiger partial charge in [0.1, 0.15) is 5.82 Å². The van der Waals surface area contributed by atoms with E-state index in [1.807, 2.05) is 0 Å². The summed E-state index contributed by atoms with van der Waals surface area (Å²) in [7, 11) is 0. The van der Waals surface area contributed by atoms with E-state index in [1.165, 1.54) is 0 Å². The number of carbonyl (C=O) groups excluding carboxylic acids is 1. The van der Waals surface area contributed by atoms with Crippen LogP contribution >= 0.6 is 0 Å². The van der Waals surface area contributed by atoms with Crippen LogP contribution in [-0.2, 0) is 16.0 Å². The maximum absolute atomic E-state index is 12.5. The molecule has 1 aromatic rings. The zero-order valence-corrected chi connectivity index (χ0v) is 13.3. The van der Waals surface area contributed by atoms with Gasteiger partial charge in [-0.05, 0) is 13.8 Å². The molecule has 0 radical (unpaired) electrons. The summed E-state index contributed by atoms with van der Waals surface area (Å²) in [5.41, 5.74) is 16.5. The number of aromatic nitrogens is 2. The van der Waals surface area contributed by atoms with Crippen molar-refractivity contribution in [3.63, 3.8) is 0 Å². The zero-order chi connectivity index (χ0) is 16.8. The van der Waals surface area contributed by atoms with Crippen LogP contribution in [0.3, 0.4) is 0 Å². The predicted octanol–water partition coefficient (Wildman–Crippen LogP) is -1.09. The number of hydrogen-bond donors (Lipinski definition) is 3. The number of nitrogens with zero attached hydrogens (tertiary/aromatic N) is 3. The summed E-state index contributed by atoms with van der Waals surface area (Å²) in [6.45, 7) is 4.93. The molecule has 1 atom stereocenters. The van der Waals surface area contributed by atoms with E-state index in [9.17, 15) is 4.79 Å². The first kappa shape index (κ1) is 15.8. The van der Waals surface area contributed by atoms with Gasteiger partial charge in [-0.15, -0.1) is 0 Å². The van der Waals surface area contributed by atoms with Crippen LogP contribution in [0.15, 0.2) is 0 Å². The third-order valence-electron chi connectivity index (χ3n) is 4.02. The number of amides is 1. The van der Waals surface area contributed by atoms with Crippen molar-refractivity contribution in [3.8, 4) is 5.88 Å². The Balaban J connectivity index is 1.88. The Morgan fingerprint density at radius 2 is 2.09 bits per heavy atom. The average Bonchev–Trinajstić information content (AvgIpc) is 2.66. The van der Waals surface area contributed by atoms with Crippen LogP contribution in [0, 0.1) is 0 Å². The van der Waals surface area contributed by atoms with E-state index < -0.39 is 11.1 Å². The molecule has 1 aromatic heterocycles. The second kappa shape index (κ2) is 5.20. The molecule has 0 aromatic carbocycles. The summed E-state index contributed by atoms with van der Waals surface area (Å²) in [6, 6.07) is 0. The summed E-state index contributed by atoms with van der Waals surface area (Å²) in [5.74, 6) is 0.565. The molecule has 6 N–H and O–H groups in total. The van der Waals surface area contributed by atoms with E-state index in [2.05, 4.69) is 9.97 Å². The van der Waals surface area contributed by atoms with Gasteiger partial charge in [-0.2, -0.15) is 9.97 Å². The van der Waals surface area contributed by atoms with Crippen molar-refractivity contribution in [2.75, 3.05) is 37.8 Å². The third-order valence-corrected chi connectivity index (χ3v) is 4.02. The van der Waals surface area contributed by atoms with Crippen LogP contribution in [-0.4, -0.2) is 58.2 Å². The second-order valence-electron chi connectivity index (χ2n) is 6.71. The largest absolute Gasteiger partial charge is 0.466 e. The molecule has 0 bridgehead atoms. The quantitative estimate of drug-likeness (QED) is 0.592. The Morgan fingerprint density at radius 3 is 2.78 bits per heavy atom. The zero-order valence-electron chi connectivity index (χ0n) is 13.3. The van der Waals surface area contributed by atoms with E-state index in [-0.39, 0.29) is 11.9 Å². The highest BCUT2D eigenvalue weighted by Gasteiger charge is 2.46. The summed E-state index contributed by atoms with van der Waals surface area (Å²) in [6.07, 6.45) is 0.462. The van der Waals surface area contributed by atoms with Gasteiger partial charge < -0.3 is 31.6 Å². The lowest BCUT2D eigenvalue weighted by Gasteiger charge is -2.34. The molecule has 3 rings (SSSR count). The molecule has 9 heteroatoms. The van der Waals surface area contributed by atoms with Crippen molar-refractivity contribution in [2.24, 2.45) is 5.73 Å². The van der Waals surface area contributed by atoms with Gasteiger partial charge in [-0.1, -0.05) is 0 Å². The molecule has 9 nitrogen and oxygen atoms in total. The Hall–Kier alpha value is -2.13. The molecule has 1 amide bonds. The first-order valence-corrected chi connectivity index (χ1v) is 7.47.